The molecule has 8 aromatic rings. The van der Waals surface area contributed by atoms with E-state index >= 15 is 0 Å². The first kappa shape index (κ1) is 30.1. The molecule has 0 atom stereocenters. The van der Waals surface area contributed by atoms with Crippen LogP contribution in [-0.2, 0) is 5.41 Å². The minimum absolute atomic E-state index is 0.614. The highest BCUT2D eigenvalue weighted by Gasteiger charge is 2.46. The van der Waals surface area contributed by atoms with Crippen LogP contribution in [0.2, 0.25) is 0 Å². The summed E-state index contributed by atoms with van der Waals surface area (Å²) in [6.45, 7) is 0. The molecule has 1 aromatic heterocycles. The summed E-state index contributed by atoms with van der Waals surface area (Å²) < 4.78 is 0. The van der Waals surface area contributed by atoms with E-state index in [9.17, 15) is 5.26 Å². The molecule has 4 nitrogen and oxygen atoms in total. The lowest BCUT2D eigenvalue weighted by molar-refractivity contribution is 0.768. The molecule has 0 amide bonds. The Morgan fingerprint density at radius 1 is 0.373 bits per heavy atom. The average Bonchev–Trinajstić information content (AvgIpc) is 3.51. The highest BCUT2D eigenvalue weighted by atomic mass is 15.0. The summed E-state index contributed by atoms with van der Waals surface area (Å²) in [4.78, 5) is 14.9. The highest BCUT2D eigenvalue weighted by Crippen LogP contribution is 2.57. The number of nitriles is 1. The fraction of sp³-hybridized carbons (Fsp3) is 0.0213. The predicted octanol–water partition coefficient (Wildman–Crippen LogP) is 10.8. The summed E-state index contributed by atoms with van der Waals surface area (Å²) in [5.74, 6) is 1.88. The maximum Gasteiger partial charge on any atom is 0.164 e. The molecule has 0 saturated heterocycles. The van der Waals surface area contributed by atoms with Crippen molar-refractivity contribution >= 4 is 0 Å². The zero-order valence-corrected chi connectivity index (χ0v) is 27.6. The number of hydrogen-bond acceptors (Lipinski definition) is 4. The van der Waals surface area contributed by atoms with Crippen molar-refractivity contribution < 1.29 is 0 Å². The number of rotatable bonds is 6. The Morgan fingerprint density at radius 3 is 1.35 bits per heavy atom. The van der Waals surface area contributed by atoms with Gasteiger partial charge in [-0.25, -0.2) is 15.0 Å². The van der Waals surface area contributed by atoms with Crippen LogP contribution in [0.5, 0.6) is 0 Å². The van der Waals surface area contributed by atoms with Crippen molar-refractivity contribution in [3.05, 3.63) is 210 Å². The third kappa shape index (κ3) is 5.12. The van der Waals surface area contributed by atoms with E-state index < -0.39 is 5.41 Å². The second-order valence-corrected chi connectivity index (χ2v) is 12.7. The molecule has 0 bridgehead atoms. The Bertz CT molecular complexity index is 2480. The van der Waals surface area contributed by atoms with E-state index in [2.05, 4.69) is 121 Å². The van der Waals surface area contributed by atoms with Crippen LogP contribution < -0.4 is 0 Å². The number of benzene rings is 7. The van der Waals surface area contributed by atoms with Gasteiger partial charge in [-0.2, -0.15) is 5.26 Å². The average molecular weight is 651 g/mol. The van der Waals surface area contributed by atoms with Crippen LogP contribution in [0.4, 0.5) is 0 Å². The molecule has 0 unspecified atom stereocenters. The van der Waals surface area contributed by atoms with Crippen molar-refractivity contribution in [3.8, 4) is 62.5 Å². The lowest BCUT2D eigenvalue weighted by Gasteiger charge is -2.34. The van der Waals surface area contributed by atoms with Gasteiger partial charge in [0.2, 0.25) is 0 Å². The van der Waals surface area contributed by atoms with Crippen molar-refractivity contribution in [2.24, 2.45) is 0 Å². The van der Waals surface area contributed by atoms with Gasteiger partial charge in [-0.05, 0) is 68.8 Å². The van der Waals surface area contributed by atoms with Crippen LogP contribution in [0.1, 0.15) is 27.8 Å². The zero-order valence-electron chi connectivity index (χ0n) is 27.6. The van der Waals surface area contributed by atoms with Gasteiger partial charge in [0.15, 0.2) is 17.5 Å². The van der Waals surface area contributed by atoms with Crippen molar-refractivity contribution in [2.75, 3.05) is 0 Å². The van der Waals surface area contributed by atoms with E-state index in [1.54, 1.807) is 0 Å². The molecule has 9 rings (SSSR count). The molecular formula is C47H30N4. The summed E-state index contributed by atoms with van der Waals surface area (Å²) in [7, 11) is 0. The van der Waals surface area contributed by atoms with Gasteiger partial charge in [0.1, 0.15) is 0 Å². The van der Waals surface area contributed by atoms with Gasteiger partial charge >= 0.3 is 0 Å². The maximum absolute atomic E-state index is 10.0. The van der Waals surface area contributed by atoms with Crippen LogP contribution in [-0.4, -0.2) is 15.0 Å². The summed E-state index contributed by atoms with van der Waals surface area (Å²) in [6, 6.07) is 65.1. The van der Waals surface area contributed by atoms with Gasteiger partial charge in [0, 0.05) is 16.7 Å². The van der Waals surface area contributed by atoms with Gasteiger partial charge in [0.05, 0.1) is 17.0 Å². The largest absolute Gasteiger partial charge is 0.208 e. The molecule has 0 radical (unpaired) electrons. The Hall–Kier alpha value is -6.96. The maximum atomic E-state index is 10.0. The van der Waals surface area contributed by atoms with Crippen LogP contribution in [0.15, 0.2) is 182 Å². The summed E-state index contributed by atoms with van der Waals surface area (Å²) >= 11 is 0. The lowest BCUT2D eigenvalue weighted by Crippen LogP contribution is -2.28. The molecule has 4 heteroatoms. The SMILES string of the molecule is N#Cc1ccc2c(c1)C(c1ccccc1)(c1ccccc1)c1cc(-c3cccc(-c4nc(-c5ccccc5)nc(-c5ccccc5)n4)c3)ccc1-2. The molecule has 1 aliphatic rings. The number of aromatic nitrogens is 3. The molecule has 0 saturated carbocycles. The highest BCUT2D eigenvalue weighted by molar-refractivity contribution is 5.89. The molecule has 1 aliphatic carbocycles. The van der Waals surface area contributed by atoms with Gasteiger partial charge in [-0.3, -0.25) is 0 Å². The van der Waals surface area contributed by atoms with Gasteiger partial charge in [-0.1, -0.05) is 158 Å². The monoisotopic (exact) mass is 650 g/mol. The third-order valence-electron chi connectivity index (χ3n) is 9.83. The van der Waals surface area contributed by atoms with Crippen LogP contribution in [0.3, 0.4) is 0 Å². The fourth-order valence-corrected chi connectivity index (χ4v) is 7.51. The fourth-order valence-electron chi connectivity index (χ4n) is 7.51. The minimum atomic E-state index is -0.614. The normalized spacial score (nSPS) is 12.5. The molecule has 1 heterocycles. The standard InChI is InChI=1S/C47H30N4/c48-31-32-24-26-40-41-27-25-36(30-43(41)47(42(40)28-32,38-20-9-3-10-21-38)39-22-11-4-12-23-39)35-18-13-19-37(29-35)46-50-44(33-14-5-1-6-15-33)49-45(51-46)34-16-7-2-8-17-34/h1-30H. The third-order valence-corrected chi connectivity index (χ3v) is 9.83. The molecule has 0 fully saturated rings. The van der Waals surface area contributed by atoms with E-state index in [0.717, 1.165) is 50.1 Å². The number of hydrogen-bond donors (Lipinski definition) is 0. The minimum Gasteiger partial charge on any atom is -0.208 e. The van der Waals surface area contributed by atoms with E-state index in [4.69, 9.17) is 15.0 Å². The second kappa shape index (κ2) is 12.5. The molecule has 0 aliphatic heterocycles. The Labute approximate surface area is 297 Å². The van der Waals surface area contributed by atoms with E-state index in [1.807, 2.05) is 66.7 Å². The predicted molar refractivity (Wildman–Crippen MR) is 204 cm³/mol. The zero-order chi connectivity index (χ0) is 34.2. The number of nitrogens with zero attached hydrogens (tertiary/aromatic N) is 4. The molecule has 238 valence electrons. The summed E-state index contributed by atoms with van der Waals surface area (Å²) in [6.07, 6.45) is 0. The van der Waals surface area contributed by atoms with Gasteiger partial charge in [0.25, 0.3) is 0 Å². The van der Waals surface area contributed by atoms with Gasteiger partial charge in [-0.15, -0.1) is 0 Å². The second-order valence-electron chi connectivity index (χ2n) is 12.7. The van der Waals surface area contributed by atoms with Crippen molar-refractivity contribution in [1.82, 2.24) is 15.0 Å². The van der Waals surface area contributed by atoms with Crippen LogP contribution in [0.25, 0.3) is 56.4 Å². The first-order chi connectivity index (χ1) is 25.2. The lowest BCUT2D eigenvalue weighted by atomic mass is 9.67. The first-order valence-corrected chi connectivity index (χ1v) is 17.0. The number of fused-ring (bicyclic) bond motifs is 3. The quantitative estimate of drug-likeness (QED) is 0.180. The Morgan fingerprint density at radius 2 is 0.804 bits per heavy atom. The molecule has 0 N–H and O–H groups in total. The Kier molecular flexibility index (Phi) is 7.38. The van der Waals surface area contributed by atoms with E-state index in [-0.39, 0.29) is 0 Å². The summed E-state index contributed by atoms with van der Waals surface area (Å²) in [5.41, 5.74) is 11.9. The molecule has 0 spiro atoms. The van der Waals surface area contributed by atoms with Crippen LogP contribution >= 0.6 is 0 Å². The van der Waals surface area contributed by atoms with Crippen molar-refractivity contribution in [3.63, 3.8) is 0 Å². The topological polar surface area (TPSA) is 62.5 Å². The van der Waals surface area contributed by atoms with Crippen molar-refractivity contribution in [2.45, 2.75) is 5.41 Å². The first-order valence-electron chi connectivity index (χ1n) is 17.0. The Balaban J connectivity index is 1.23. The van der Waals surface area contributed by atoms with Crippen LogP contribution in [0, 0.1) is 11.3 Å². The van der Waals surface area contributed by atoms with E-state index in [0.29, 0.717) is 23.0 Å². The van der Waals surface area contributed by atoms with Gasteiger partial charge < -0.3 is 0 Å². The molecule has 7 aromatic carbocycles. The smallest absolute Gasteiger partial charge is 0.164 e. The van der Waals surface area contributed by atoms with E-state index in [1.165, 1.54) is 11.1 Å². The molecule has 51 heavy (non-hydrogen) atoms. The van der Waals surface area contributed by atoms with Crippen molar-refractivity contribution in [1.29, 1.82) is 5.26 Å². The summed E-state index contributed by atoms with van der Waals surface area (Å²) in [5, 5.41) is 10.0. The molecular weight excluding hydrogens is 621 g/mol.